The van der Waals surface area contributed by atoms with E-state index in [0.717, 1.165) is 32.5 Å². The zero-order chi connectivity index (χ0) is 12.7. The van der Waals surface area contributed by atoms with E-state index in [-0.39, 0.29) is 0 Å². The van der Waals surface area contributed by atoms with Gasteiger partial charge in [-0.15, -0.1) is 0 Å². The number of nitrogens with zero attached hydrogens (tertiary/aromatic N) is 2. The van der Waals surface area contributed by atoms with Crippen molar-refractivity contribution in [2.24, 2.45) is 12.8 Å². The van der Waals surface area contributed by atoms with Crippen molar-refractivity contribution in [1.29, 1.82) is 0 Å². The average molecular weight is 240 g/mol. The van der Waals surface area contributed by atoms with Crippen LogP contribution in [0.2, 0.25) is 0 Å². The van der Waals surface area contributed by atoms with Crippen molar-refractivity contribution in [3.63, 3.8) is 0 Å². The molecule has 5 nitrogen and oxygen atoms in total. The van der Waals surface area contributed by atoms with Crippen LogP contribution in [0.1, 0.15) is 24.1 Å². The van der Waals surface area contributed by atoms with Gasteiger partial charge in [0.1, 0.15) is 0 Å². The molecule has 1 atom stereocenters. The first-order chi connectivity index (χ1) is 8.19. The molecular formula is C12H24N4O. The second kappa shape index (κ2) is 7.42. The van der Waals surface area contributed by atoms with Crippen LogP contribution in [0, 0.1) is 6.92 Å². The third kappa shape index (κ3) is 4.46. The molecule has 0 aliphatic heterocycles. The number of nitrogens with two attached hydrogens (primary N) is 1. The molecule has 0 amide bonds. The first kappa shape index (κ1) is 14.2. The van der Waals surface area contributed by atoms with E-state index >= 15 is 0 Å². The highest BCUT2D eigenvalue weighted by Gasteiger charge is 2.09. The molecule has 1 rings (SSSR count). The summed E-state index contributed by atoms with van der Waals surface area (Å²) in [6.45, 7) is 4.36. The highest BCUT2D eigenvalue weighted by molar-refractivity contribution is 5.15. The van der Waals surface area contributed by atoms with E-state index in [1.807, 2.05) is 17.9 Å². The number of rotatable bonds is 8. The van der Waals surface area contributed by atoms with Gasteiger partial charge >= 0.3 is 0 Å². The van der Waals surface area contributed by atoms with Crippen LogP contribution in [0.3, 0.4) is 0 Å². The molecular weight excluding hydrogens is 216 g/mol. The predicted octanol–water partition coefficient (Wildman–Crippen LogP) is 0.572. The molecule has 0 aliphatic rings. The predicted molar refractivity (Wildman–Crippen MR) is 68.7 cm³/mol. The summed E-state index contributed by atoms with van der Waals surface area (Å²) in [7, 11) is 3.69. The van der Waals surface area contributed by atoms with Crippen LogP contribution in [0.25, 0.3) is 0 Å². The topological polar surface area (TPSA) is 65.1 Å². The van der Waals surface area contributed by atoms with Crippen LogP contribution in [-0.2, 0) is 18.3 Å². The van der Waals surface area contributed by atoms with Crippen LogP contribution in [0.5, 0.6) is 0 Å². The molecule has 0 saturated carbocycles. The van der Waals surface area contributed by atoms with Gasteiger partial charge in [-0.2, -0.15) is 5.10 Å². The van der Waals surface area contributed by atoms with E-state index in [9.17, 15) is 0 Å². The lowest BCUT2D eigenvalue weighted by molar-refractivity contribution is 0.161. The minimum absolute atomic E-state index is 0.364. The Kier molecular flexibility index (Phi) is 6.18. The average Bonchev–Trinajstić information content (AvgIpc) is 2.64. The van der Waals surface area contributed by atoms with Crippen molar-refractivity contribution < 1.29 is 4.74 Å². The van der Waals surface area contributed by atoms with Crippen molar-refractivity contribution in [3.05, 3.63) is 17.5 Å². The third-order valence-electron chi connectivity index (χ3n) is 3.04. The Morgan fingerprint density at radius 1 is 1.59 bits per heavy atom. The molecule has 0 aliphatic carbocycles. The van der Waals surface area contributed by atoms with Gasteiger partial charge < -0.3 is 15.8 Å². The van der Waals surface area contributed by atoms with Crippen molar-refractivity contribution in [1.82, 2.24) is 15.1 Å². The first-order valence-electron chi connectivity index (χ1n) is 6.09. The number of ether oxygens (including phenoxy) is 1. The van der Waals surface area contributed by atoms with Gasteiger partial charge in [0.2, 0.25) is 0 Å². The molecule has 1 aromatic heterocycles. The molecule has 0 aromatic carbocycles. The smallest absolute Gasteiger partial charge is 0.0615 e. The van der Waals surface area contributed by atoms with Gasteiger partial charge in [-0.25, -0.2) is 0 Å². The van der Waals surface area contributed by atoms with Gasteiger partial charge in [-0.3, -0.25) is 4.68 Å². The lowest BCUT2D eigenvalue weighted by Gasteiger charge is -2.17. The van der Waals surface area contributed by atoms with E-state index in [4.69, 9.17) is 10.5 Å². The maximum Gasteiger partial charge on any atom is 0.0615 e. The SMILES string of the molecule is COCC(CCCN)NCc1cnn(C)c1C. The van der Waals surface area contributed by atoms with Gasteiger partial charge in [0, 0.05) is 38.0 Å². The maximum absolute atomic E-state index is 5.53. The van der Waals surface area contributed by atoms with Gasteiger partial charge in [0.25, 0.3) is 0 Å². The van der Waals surface area contributed by atoms with Crippen LogP contribution in [0.4, 0.5) is 0 Å². The quantitative estimate of drug-likeness (QED) is 0.697. The minimum atomic E-state index is 0.364. The molecule has 0 spiro atoms. The molecule has 1 unspecified atom stereocenters. The largest absolute Gasteiger partial charge is 0.383 e. The zero-order valence-corrected chi connectivity index (χ0v) is 11.1. The zero-order valence-electron chi connectivity index (χ0n) is 11.1. The molecule has 0 fully saturated rings. The van der Waals surface area contributed by atoms with Crippen LogP contribution in [-0.4, -0.2) is 36.1 Å². The number of aromatic nitrogens is 2. The van der Waals surface area contributed by atoms with Gasteiger partial charge in [-0.05, 0) is 26.3 Å². The molecule has 3 N–H and O–H groups in total. The van der Waals surface area contributed by atoms with Gasteiger partial charge in [0.15, 0.2) is 0 Å². The monoisotopic (exact) mass is 240 g/mol. The molecule has 1 heterocycles. The minimum Gasteiger partial charge on any atom is -0.383 e. The van der Waals surface area contributed by atoms with Gasteiger partial charge in [-0.1, -0.05) is 0 Å². The summed E-state index contributed by atoms with van der Waals surface area (Å²) in [4.78, 5) is 0. The van der Waals surface area contributed by atoms with E-state index in [2.05, 4.69) is 17.3 Å². The fourth-order valence-electron chi connectivity index (χ4n) is 1.78. The number of nitrogens with one attached hydrogen (secondary N) is 1. The Balaban J connectivity index is 2.42. The number of aryl methyl sites for hydroxylation is 1. The summed E-state index contributed by atoms with van der Waals surface area (Å²) in [6.07, 6.45) is 3.98. The molecule has 0 bridgehead atoms. The van der Waals surface area contributed by atoms with Crippen LogP contribution < -0.4 is 11.1 Å². The van der Waals surface area contributed by atoms with Crippen LogP contribution in [0.15, 0.2) is 6.20 Å². The maximum atomic E-state index is 5.53. The third-order valence-corrected chi connectivity index (χ3v) is 3.04. The molecule has 17 heavy (non-hydrogen) atoms. The Hall–Kier alpha value is -0.910. The summed E-state index contributed by atoms with van der Waals surface area (Å²) < 4.78 is 7.09. The first-order valence-corrected chi connectivity index (χ1v) is 6.09. The van der Waals surface area contributed by atoms with Crippen molar-refractivity contribution in [2.45, 2.75) is 32.4 Å². The molecule has 1 aromatic rings. The van der Waals surface area contributed by atoms with E-state index in [0.29, 0.717) is 6.04 Å². The number of methoxy groups -OCH3 is 1. The van der Waals surface area contributed by atoms with Crippen molar-refractivity contribution in [2.75, 3.05) is 20.3 Å². The summed E-state index contributed by atoms with van der Waals surface area (Å²) in [6, 6.07) is 0.364. The summed E-state index contributed by atoms with van der Waals surface area (Å²) in [5, 5.41) is 7.72. The highest BCUT2D eigenvalue weighted by atomic mass is 16.5. The fourth-order valence-corrected chi connectivity index (χ4v) is 1.78. The van der Waals surface area contributed by atoms with E-state index in [1.54, 1.807) is 7.11 Å². The Morgan fingerprint density at radius 3 is 2.88 bits per heavy atom. The van der Waals surface area contributed by atoms with Gasteiger partial charge in [0.05, 0.1) is 12.8 Å². The number of hydrogen-bond acceptors (Lipinski definition) is 4. The highest BCUT2D eigenvalue weighted by Crippen LogP contribution is 2.06. The Bertz CT molecular complexity index is 324. The number of hydrogen-bond donors (Lipinski definition) is 2. The Labute approximate surface area is 103 Å². The fraction of sp³-hybridized carbons (Fsp3) is 0.750. The van der Waals surface area contributed by atoms with E-state index < -0.39 is 0 Å². The lowest BCUT2D eigenvalue weighted by atomic mass is 10.1. The summed E-state index contributed by atoms with van der Waals surface area (Å²) in [5.74, 6) is 0. The van der Waals surface area contributed by atoms with E-state index in [1.165, 1.54) is 11.3 Å². The standard InChI is InChI=1S/C12H24N4O/c1-10-11(8-15-16(10)2)7-14-12(9-17-3)5-4-6-13/h8,12,14H,4-7,9,13H2,1-3H3. The summed E-state index contributed by atoms with van der Waals surface area (Å²) in [5.41, 5.74) is 7.96. The van der Waals surface area contributed by atoms with Crippen molar-refractivity contribution >= 4 is 0 Å². The molecule has 5 heteroatoms. The lowest BCUT2D eigenvalue weighted by Crippen LogP contribution is -2.33. The normalized spacial score (nSPS) is 12.9. The van der Waals surface area contributed by atoms with Crippen molar-refractivity contribution in [3.8, 4) is 0 Å². The second-order valence-electron chi connectivity index (χ2n) is 4.34. The summed E-state index contributed by atoms with van der Waals surface area (Å²) >= 11 is 0. The molecule has 0 saturated heterocycles. The van der Waals surface area contributed by atoms with Crippen LogP contribution >= 0.6 is 0 Å². The second-order valence-corrected chi connectivity index (χ2v) is 4.34. The molecule has 98 valence electrons. The molecule has 0 radical (unpaired) electrons. The Morgan fingerprint density at radius 2 is 2.35 bits per heavy atom.